The number of fused-ring (bicyclic) bond motifs is 1. The average molecular weight is 286 g/mol. The summed E-state index contributed by atoms with van der Waals surface area (Å²) in [5.41, 5.74) is 3.61. The van der Waals surface area contributed by atoms with Crippen molar-refractivity contribution in [1.29, 1.82) is 5.26 Å². The zero-order chi connectivity index (χ0) is 15.8. The fourth-order valence-electron chi connectivity index (χ4n) is 2.80. The molecule has 21 heavy (non-hydrogen) atoms. The summed E-state index contributed by atoms with van der Waals surface area (Å²) in [5.74, 6) is -0.189. The maximum Gasteiger partial charge on any atom is 0.414 e. The number of hydrogen-bond acceptors (Lipinski definition) is 3. The highest BCUT2D eigenvalue weighted by Gasteiger charge is 2.32. The molecular weight excluding hydrogens is 264 g/mol. The third-order valence-electron chi connectivity index (χ3n) is 3.46. The van der Waals surface area contributed by atoms with Crippen LogP contribution >= 0.6 is 0 Å². The topological polar surface area (TPSA) is 53.3 Å². The molecule has 1 atom stereocenters. The number of amides is 1. The van der Waals surface area contributed by atoms with E-state index in [9.17, 15) is 10.1 Å². The number of aryl methyl sites for hydroxylation is 2. The second kappa shape index (κ2) is 5.40. The molecule has 1 aliphatic rings. The average Bonchev–Trinajstić information content (AvgIpc) is 2.34. The van der Waals surface area contributed by atoms with Gasteiger partial charge < -0.3 is 4.74 Å². The summed E-state index contributed by atoms with van der Waals surface area (Å²) in [7, 11) is 0. The van der Waals surface area contributed by atoms with Crippen LogP contribution in [0, 0.1) is 31.1 Å². The SMILES string of the molecule is Cc1cc(C)c2c(c1)CC(C#N)CN2C(=O)OC(C)(C)C. The zero-order valence-corrected chi connectivity index (χ0v) is 13.4. The van der Waals surface area contributed by atoms with Crippen LogP contribution in [0.5, 0.6) is 0 Å². The monoisotopic (exact) mass is 286 g/mol. The lowest BCUT2D eigenvalue weighted by molar-refractivity contribution is 0.0574. The van der Waals surface area contributed by atoms with Crippen molar-refractivity contribution in [3.05, 3.63) is 28.8 Å². The van der Waals surface area contributed by atoms with Crippen molar-refractivity contribution in [1.82, 2.24) is 0 Å². The molecule has 4 heteroatoms. The minimum Gasteiger partial charge on any atom is -0.443 e. The Morgan fingerprint density at radius 2 is 2.05 bits per heavy atom. The van der Waals surface area contributed by atoms with E-state index in [2.05, 4.69) is 18.2 Å². The molecule has 1 heterocycles. The standard InChI is InChI=1S/C17H22N2O2/c1-11-6-12(2)15-14(7-11)8-13(9-18)10-19(15)16(20)21-17(3,4)5/h6-7,13H,8,10H2,1-5H3. The largest absolute Gasteiger partial charge is 0.443 e. The first-order chi connectivity index (χ1) is 9.71. The lowest BCUT2D eigenvalue weighted by atomic mass is 9.90. The zero-order valence-electron chi connectivity index (χ0n) is 13.4. The predicted octanol–water partition coefficient (Wildman–Crippen LogP) is 3.74. The molecule has 0 saturated heterocycles. The number of ether oxygens (including phenoxy) is 1. The number of hydrogen-bond donors (Lipinski definition) is 0. The number of carbonyl (C=O) groups is 1. The minimum absolute atomic E-state index is 0.189. The molecule has 0 aliphatic carbocycles. The van der Waals surface area contributed by atoms with Gasteiger partial charge >= 0.3 is 6.09 Å². The van der Waals surface area contributed by atoms with Gasteiger partial charge in [-0.15, -0.1) is 0 Å². The van der Waals surface area contributed by atoms with E-state index >= 15 is 0 Å². The number of anilines is 1. The molecule has 0 aromatic heterocycles. The van der Waals surface area contributed by atoms with E-state index in [1.807, 2.05) is 34.6 Å². The molecule has 0 saturated carbocycles. The highest BCUT2D eigenvalue weighted by Crippen LogP contribution is 2.34. The number of carbonyl (C=O) groups excluding carboxylic acids is 1. The van der Waals surface area contributed by atoms with Crippen LogP contribution < -0.4 is 4.90 Å². The Balaban J connectivity index is 2.44. The van der Waals surface area contributed by atoms with E-state index < -0.39 is 5.60 Å². The van der Waals surface area contributed by atoms with Crippen LogP contribution in [0.3, 0.4) is 0 Å². The summed E-state index contributed by atoms with van der Waals surface area (Å²) in [6.07, 6.45) is 0.309. The highest BCUT2D eigenvalue weighted by molar-refractivity contribution is 5.91. The first kappa shape index (κ1) is 15.4. The molecule has 0 fully saturated rings. The smallest absolute Gasteiger partial charge is 0.414 e. The Morgan fingerprint density at radius 3 is 2.62 bits per heavy atom. The van der Waals surface area contributed by atoms with Crippen molar-refractivity contribution >= 4 is 11.8 Å². The molecule has 1 aromatic carbocycles. The molecule has 112 valence electrons. The third-order valence-corrected chi connectivity index (χ3v) is 3.46. The van der Waals surface area contributed by atoms with Crippen molar-refractivity contribution in [3.8, 4) is 6.07 Å². The van der Waals surface area contributed by atoms with Crippen molar-refractivity contribution in [2.24, 2.45) is 5.92 Å². The Hall–Kier alpha value is -2.02. The summed E-state index contributed by atoms with van der Waals surface area (Å²) in [4.78, 5) is 14.1. The fourth-order valence-corrected chi connectivity index (χ4v) is 2.80. The molecule has 0 spiro atoms. The fraction of sp³-hybridized carbons (Fsp3) is 0.529. The van der Waals surface area contributed by atoms with Gasteiger partial charge in [-0.25, -0.2) is 4.79 Å². The van der Waals surface area contributed by atoms with Crippen molar-refractivity contribution in [3.63, 3.8) is 0 Å². The van der Waals surface area contributed by atoms with Crippen LogP contribution in [0.25, 0.3) is 0 Å². The van der Waals surface area contributed by atoms with E-state index in [1.165, 1.54) is 0 Å². The van der Waals surface area contributed by atoms with E-state index in [0.717, 1.165) is 22.4 Å². The predicted molar refractivity (Wildman–Crippen MR) is 82.3 cm³/mol. The van der Waals surface area contributed by atoms with Gasteiger partial charge in [-0.1, -0.05) is 17.7 Å². The first-order valence-electron chi connectivity index (χ1n) is 7.21. The van der Waals surface area contributed by atoms with E-state index in [0.29, 0.717) is 13.0 Å². The lowest BCUT2D eigenvalue weighted by Crippen LogP contribution is -2.43. The molecule has 1 aromatic rings. The minimum atomic E-state index is -0.546. The van der Waals surface area contributed by atoms with Gasteiger partial charge in [-0.2, -0.15) is 5.26 Å². The quantitative estimate of drug-likeness (QED) is 0.730. The second-order valence-corrected chi connectivity index (χ2v) is 6.71. The number of rotatable bonds is 0. The summed E-state index contributed by atoms with van der Waals surface area (Å²) in [6, 6.07) is 6.40. The number of nitrogens with zero attached hydrogens (tertiary/aromatic N) is 2. The van der Waals surface area contributed by atoms with Gasteiger partial charge in [0.25, 0.3) is 0 Å². The summed E-state index contributed by atoms with van der Waals surface area (Å²) < 4.78 is 5.49. The van der Waals surface area contributed by atoms with Crippen LogP contribution in [0.4, 0.5) is 10.5 Å². The van der Waals surface area contributed by atoms with Gasteiger partial charge in [-0.3, -0.25) is 4.90 Å². The highest BCUT2D eigenvalue weighted by atomic mass is 16.6. The molecule has 2 rings (SSSR count). The van der Waals surface area contributed by atoms with Crippen LogP contribution in [0.15, 0.2) is 12.1 Å². The Labute approximate surface area is 126 Å². The van der Waals surface area contributed by atoms with Crippen LogP contribution in [0.1, 0.15) is 37.5 Å². The van der Waals surface area contributed by atoms with Gasteiger partial charge in [0.2, 0.25) is 0 Å². The normalized spacial score (nSPS) is 17.9. The van der Waals surface area contributed by atoms with Crippen molar-refractivity contribution in [2.45, 2.75) is 46.6 Å². The third kappa shape index (κ3) is 3.36. The Bertz CT molecular complexity index is 608. The second-order valence-electron chi connectivity index (χ2n) is 6.71. The molecule has 1 amide bonds. The molecule has 1 aliphatic heterocycles. The van der Waals surface area contributed by atoms with E-state index in [1.54, 1.807) is 4.90 Å². The summed E-state index contributed by atoms with van der Waals surface area (Å²) >= 11 is 0. The number of benzene rings is 1. The maximum absolute atomic E-state index is 12.5. The molecular formula is C17H22N2O2. The van der Waals surface area contributed by atoms with Crippen LogP contribution in [-0.4, -0.2) is 18.2 Å². The summed E-state index contributed by atoms with van der Waals surface area (Å²) in [6.45, 7) is 9.96. The van der Waals surface area contributed by atoms with Gasteiger partial charge in [0.15, 0.2) is 0 Å². The van der Waals surface area contributed by atoms with Crippen molar-refractivity contribution < 1.29 is 9.53 Å². The van der Waals surface area contributed by atoms with Crippen LogP contribution in [-0.2, 0) is 11.2 Å². The maximum atomic E-state index is 12.5. The molecule has 0 N–H and O–H groups in total. The van der Waals surface area contributed by atoms with Gasteiger partial charge in [0.1, 0.15) is 5.60 Å². The van der Waals surface area contributed by atoms with Crippen molar-refractivity contribution in [2.75, 3.05) is 11.4 Å². The molecule has 1 unspecified atom stereocenters. The first-order valence-corrected chi connectivity index (χ1v) is 7.21. The Kier molecular flexibility index (Phi) is 3.95. The lowest BCUT2D eigenvalue weighted by Gasteiger charge is -2.35. The Morgan fingerprint density at radius 1 is 1.38 bits per heavy atom. The van der Waals surface area contributed by atoms with E-state index in [-0.39, 0.29) is 12.0 Å². The van der Waals surface area contributed by atoms with Gasteiger partial charge in [0.05, 0.1) is 17.7 Å². The number of nitriles is 1. The van der Waals surface area contributed by atoms with Crippen LogP contribution in [0.2, 0.25) is 0 Å². The van der Waals surface area contributed by atoms with Gasteiger partial charge in [0, 0.05) is 6.54 Å². The molecule has 0 bridgehead atoms. The molecule has 0 radical (unpaired) electrons. The summed E-state index contributed by atoms with van der Waals surface area (Å²) in [5, 5.41) is 9.26. The molecule has 4 nitrogen and oxygen atoms in total. The van der Waals surface area contributed by atoms with E-state index in [4.69, 9.17) is 4.74 Å². The van der Waals surface area contributed by atoms with Gasteiger partial charge in [-0.05, 0) is 52.2 Å².